The second-order valence-electron chi connectivity index (χ2n) is 16.5. The molecule has 0 spiro atoms. The largest absolute Gasteiger partial charge is 0.394 e. The Morgan fingerprint density at radius 3 is 1.56 bits per heavy atom. The van der Waals surface area contributed by atoms with E-state index in [0.717, 1.165) is 38.5 Å². The first-order valence-corrected chi connectivity index (χ1v) is 23.2. The summed E-state index contributed by atoms with van der Waals surface area (Å²) in [5.41, 5.74) is 0. The zero-order chi connectivity index (χ0) is 41.9. The molecule has 0 bridgehead atoms. The second kappa shape index (κ2) is 36.4. The van der Waals surface area contributed by atoms with E-state index in [4.69, 9.17) is 9.47 Å². The molecule has 8 N–H and O–H groups in total. The Hall–Kier alpha value is -1.41. The van der Waals surface area contributed by atoms with E-state index in [-0.39, 0.29) is 12.8 Å². The molecular weight excluding hydrogens is 727 g/mol. The Kier molecular flexibility index (Phi) is 34.3. The summed E-state index contributed by atoms with van der Waals surface area (Å²) in [5.74, 6) is -0.715. The van der Waals surface area contributed by atoms with Gasteiger partial charge in [-0.15, -0.1) is 0 Å². The molecule has 0 aliphatic carbocycles. The van der Waals surface area contributed by atoms with Gasteiger partial charge in [0.1, 0.15) is 36.6 Å². The molecule has 1 aliphatic heterocycles. The van der Waals surface area contributed by atoms with Crippen molar-refractivity contribution in [3.8, 4) is 0 Å². The summed E-state index contributed by atoms with van der Waals surface area (Å²) in [6.45, 7) is 3.37. The molecule has 1 aliphatic rings. The topological polar surface area (TPSA) is 189 Å². The summed E-state index contributed by atoms with van der Waals surface area (Å²) in [4.78, 5) is 13.0. The van der Waals surface area contributed by atoms with Crippen LogP contribution < -0.4 is 5.32 Å². The molecule has 0 aromatic carbocycles. The lowest BCUT2D eigenvalue weighted by Crippen LogP contribution is -2.60. The number of aliphatic hydroxyl groups excluding tert-OH is 7. The van der Waals surface area contributed by atoms with Crippen molar-refractivity contribution in [2.45, 2.75) is 249 Å². The van der Waals surface area contributed by atoms with Gasteiger partial charge in [-0.05, 0) is 51.4 Å². The number of hydrogen-bond donors (Lipinski definition) is 8. The van der Waals surface area contributed by atoms with Gasteiger partial charge in [0.05, 0.1) is 25.4 Å². The average Bonchev–Trinajstić information content (AvgIpc) is 3.21. The summed E-state index contributed by atoms with van der Waals surface area (Å²) >= 11 is 0. The lowest BCUT2D eigenvalue weighted by molar-refractivity contribution is -0.303. The summed E-state index contributed by atoms with van der Waals surface area (Å²) in [6, 6.07) is -1.19. The van der Waals surface area contributed by atoms with E-state index in [1.807, 2.05) is 0 Å². The van der Waals surface area contributed by atoms with Crippen LogP contribution in [0.2, 0.25) is 0 Å². The fraction of sp³-hybridized carbons (Fsp3) is 0.891. The highest BCUT2D eigenvalue weighted by atomic mass is 16.7. The number of rotatable bonds is 38. The van der Waals surface area contributed by atoms with E-state index in [1.165, 1.54) is 109 Å². The molecule has 9 atom stereocenters. The van der Waals surface area contributed by atoms with Crippen LogP contribution in [0.1, 0.15) is 194 Å². The van der Waals surface area contributed by atoms with Gasteiger partial charge in [-0.3, -0.25) is 4.79 Å². The minimum Gasteiger partial charge on any atom is -0.394 e. The number of carbonyl (C=O) groups excluding carboxylic acids is 1. The SMILES string of the molecule is CCCCCCCCCCCCCCC/C=C/CC/C=C/CCCC(O)C(O)C(COC1OC(CO)C(O)C(O)C1O)NC(=O)C(O)CCCCCCCCCC. The average molecular weight is 814 g/mol. The van der Waals surface area contributed by atoms with Gasteiger partial charge in [-0.25, -0.2) is 0 Å². The van der Waals surface area contributed by atoms with Crippen LogP contribution in [-0.2, 0) is 14.3 Å². The van der Waals surface area contributed by atoms with Gasteiger partial charge in [0.15, 0.2) is 6.29 Å². The summed E-state index contributed by atoms with van der Waals surface area (Å²) < 4.78 is 11.0. The van der Waals surface area contributed by atoms with Crippen molar-refractivity contribution in [2.24, 2.45) is 0 Å². The number of nitrogens with one attached hydrogen (secondary N) is 1. The van der Waals surface area contributed by atoms with Crippen LogP contribution in [-0.4, -0.2) is 110 Å². The minimum absolute atomic E-state index is 0.248. The molecule has 1 rings (SSSR count). The Morgan fingerprint density at radius 1 is 0.596 bits per heavy atom. The van der Waals surface area contributed by atoms with Gasteiger partial charge in [-0.1, -0.05) is 167 Å². The Balaban J connectivity index is 2.41. The monoisotopic (exact) mass is 814 g/mol. The number of hydrogen-bond acceptors (Lipinski definition) is 10. The zero-order valence-corrected chi connectivity index (χ0v) is 36.1. The second-order valence-corrected chi connectivity index (χ2v) is 16.5. The Morgan fingerprint density at radius 2 is 1.05 bits per heavy atom. The van der Waals surface area contributed by atoms with Gasteiger partial charge >= 0.3 is 0 Å². The first-order valence-electron chi connectivity index (χ1n) is 23.2. The van der Waals surface area contributed by atoms with Crippen molar-refractivity contribution in [1.82, 2.24) is 5.32 Å². The molecule has 0 aromatic heterocycles. The van der Waals surface area contributed by atoms with Gasteiger partial charge in [0, 0.05) is 0 Å². The number of aliphatic hydroxyl groups is 7. The lowest BCUT2D eigenvalue weighted by Gasteiger charge is -2.40. The molecule has 1 saturated heterocycles. The van der Waals surface area contributed by atoms with Crippen LogP contribution in [0.5, 0.6) is 0 Å². The van der Waals surface area contributed by atoms with Crippen LogP contribution in [0.3, 0.4) is 0 Å². The van der Waals surface area contributed by atoms with Crippen LogP contribution >= 0.6 is 0 Å². The molecule has 9 unspecified atom stereocenters. The van der Waals surface area contributed by atoms with Gasteiger partial charge in [0.2, 0.25) is 5.91 Å². The van der Waals surface area contributed by atoms with Gasteiger partial charge < -0.3 is 50.5 Å². The summed E-state index contributed by atoms with van der Waals surface area (Å²) in [6.07, 6.45) is 28.3. The maximum Gasteiger partial charge on any atom is 0.249 e. The Labute approximate surface area is 346 Å². The van der Waals surface area contributed by atoms with Crippen LogP contribution in [0.15, 0.2) is 24.3 Å². The molecule has 0 aromatic rings. The molecule has 1 heterocycles. The van der Waals surface area contributed by atoms with Crippen molar-refractivity contribution in [1.29, 1.82) is 0 Å². The first kappa shape index (κ1) is 53.6. The maximum atomic E-state index is 13.0. The summed E-state index contributed by atoms with van der Waals surface area (Å²) in [5, 5.41) is 75.4. The molecule has 11 nitrogen and oxygen atoms in total. The molecule has 1 fully saturated rings. The minimum atomic E-state index is -1.67. The third-order valence-electron chi connectivity index (χ3n) is 11.2. The van der Waals surface area contributed by atoms with Gasteiger partial charge in [-0.2, -0.15) is 0 Å². The number of unbranched alkanes of at least 4 members (excludes halogenated alkanes) is 22. The van der Waals surface area contributed by atoms with Gasteiger partial charge in [0.25, 0.3) is 0 Å². The van der Waals surface area contributed by atoms with E-state index in [2.05, 4.69) is 43.5 Å². The van der Waals surface area contributed by atoms with E-state index >= 15 is 0 Å². The molecule has 336 valence electrons. The predicted molar refractivity (Wildman–Crippen MR) is 229 cm³/mol. The van der Waals surface area contributed by atoms with Crippen LogP contribution in [0.4, 0.5) is 0 Å². The number of carbonyl (C=O) groups is 1. The highest BCUT2D eigenvalue weighted by Gasteiger charge is 2.44. The quantitative estimate of drug-likeness (QED) is 0.0230. The fourth-order valence-corrected chi connectivity index (χ4v) is 7.34. The van der Waals surface area contributed by atoms with Crippen LogP contribution in [0.25, 0.3) is 0 Å². The lowest BCUT2D eigenvalue weighted by atomic mass is 9.98. The number of amides is 1. The standard InChI is InChI=1S/C46H87NO10/c1-3-5-7-9-11-13-14-15-16-17-18-19-20-21-22-23-24-25-26-28-29-31-33-38(49)41(51)37(36-56-46-44(54)43(53)42(52)40(35-48)57-46)47-45(55)39(50)34-32-30-27-12-10-8-6-4-2/h22-23,26,28,37-44,46,48-54H,3-21,24-25,27,29-36H2,1-2H3,(H,47,55)/b23-22+,28-26+. The molecule has 0 saturated carbocycles. The van der Waals surface area contributed by atoms with E-state index in [0.29, 0.717) is 19.3 Å². The van der Waals surface area contributed by atoms with Crippen molar-refractivity contribution in [3.63, 3.8) is 0 Å². The van der Waals surface area contributed by atoms with Crippen molar-refractivity contribution in [3.05, 3.63) is 24.3 Å². The van der Waals surface area contributed by atoms with Crippen molar-refractivity contribution >= 4 is 5.91 Å². The fourth-order valence-electron chi connectivity index (χ4n) is 7.34. The highest BCUT2D eigenvalue weighted by Crippen LogP contribution is 2.23. The third kappa shape index (κ3) is 26.4. The van der Waals surface area contributed by atoms with E-state index < -0.39 is 74.2 Å². The normalized spacial score (nSPS) is 22.3. The highest BCUT2D eigenvalue weighted by molar-refractivity contribution is 5.80. The maximum absolute atomic E-state index is 13.0. The molecular formula is C46H87NO10. The number of allylic oxidation sites excluding steroid dienone is 4. The molecule has 1 amide bonds. The number of ether oxygens (including phenoxy) is 2. The Bertz CT molecular complexity index is 981. The third-order valence-corrected chi connectivity index (χ3v) is 11.2. The van der Waals surface area contributed by atoms with Crippen molar-refractivity contribution in [2.75, 3.05) is 13.2 Å². The van der Waals surface area contributed by atoms with E-state index in [9.17, 15) is 40.5 Å². The first-order chi connectivity index (χ1) is 27.7. The van der Waals surface area contributed by atoms with E-state index in [1.54, 1.807) is 0 Å². The zero-order valence-electron chi connectivity index (χ0n) is 36.1. The predicted octanol–water partition coefficient (Wildman–Crippen LogP) is 7.45. The smallest absolute Gasteiger partial charge is 0.249 e. The molecule has 11 heteroatoms. The van der Waals surface area contributed by atoms with Crippen molar-refractivity contribution < 1.29 is 50.0 Å². The molecule has 0 radical (unpaired) electrons. The van der Waals surface area contributed by atoms with Crippen LogP contribution in [0, 0.1) is 0 Å². The summed E-state index contributed by atoms with van der Waals surface area (Å²) in [7, 11) is 0. The molecule has 57 heavy (non-hydrogen) atoms.